The number of carbonyl (C=O) groups is 1. The number of hydrogen-bond donors (Lipinski definition) is 2. The van der Waals surface area contributed by atoms with Gasteiger partial charge in [-0.25, -0.2) is 4.79 Å². The second-order valence-corrected chi connectivity index (χ2v) is 7.05. The molecule has 0 spiro atoms. The van der Waals surface area contributed by atoms with Crippen LogP contribution in [-0.4, -0.2) is 21.3 Å². The molecule has 1 aromatic heterocycles. The van der Waals surface area contributed by atoms with Gasteiger partial charge in [0.15, 0.2) is 0 Å². The Kier molecular flexibility index (Phi) is 4.49. The Morgan fingerprint density at radius 2 is 1.93 bits per heavy atom. The molecule has 0 saturated heterocycles. The average Bonchev–Trinajstić information content (AvgIpc) is 3.20. The lowest BCUT2D eigenvalue weighted by atomic mass is 9.70. The lowest BCUT2D eigenvalue weighted by molar-refractivity contribution is 0.0697. The first-order valence-electron chi connectivity index (χ1n) is 9.09. The van der Waals surface area contributed by atoms with Crippen molar-refractivity contribution in [1.82, 2.24) is 10.2 Å². The van der Waals surface area contributed by atoms with Crippen LogP contribution in [0.25, 0.3) is 11.5 Å². The summed E-state index contributed by atoms with van der Waals surface area (Å²) in [7, 11) is 0. The zero-order chi connectivity index (χ0) is 18.9. The van der Waals surface area contributed by atoms with Gasteiger partial charge in [0.25, 0.3) is 0 Å². The summed E-state index contributed by atoms with van der Waals surface area (Å²) >= 11 is 0. The first-order valence-corrected chi connectivity index (χ1v) is 9.09. The minimum Gasteiger partial charge on any atom is -0.478 e. The van der Waals surface area contributed by atoms with E-state index in [0.29, 0.717) is 11.5 Å². The second-order valence-electron chi connectivity index (χ2n) is 7.05. The third kappa shape index (κ3) is 3.24. The Balaban J connectivity index is 1.70. The highest BCUT2D eigenvalue weighted by Crippen LogP contribution is 2.45. The molecule has 138 valence electrons. The van der Waals surface area contributed by atoms with Crippen LogP contribution in [0.2, 0.25) is 0 Å². The van der Waals surface area contributed by atoms with Gasteiger partial charge in [-0.2, -0.15) is 0 Å². The fourth-order valence-electron chi connectivity index (χ4n) is 3.92. The molecule has 0 amide bonds. The summed E-state index contributed by atoms with van der Waals surface area (Å²) in [6.07, 6.45) is 3.85. The first kappa shape index (κ1) is 17.4. The molecule has 3 aromatic rings. The lowest BCUT2D eigenvalue weighted by Crippen LogP contribution is -2.45. The number of rotatable bonds is 4. The summed E-state index contributed by atoms with van der Waals surface area (Å²) in [5.74, 6) is -0.198. The Hall–Kier alpha value is -2.99. The average molecular weight is 363 g/mol. The molecule has 0 aliphatic heterocycles. The summed E-state index contributed by atoms with van der Waals surface area (Å²) in [6.45, 7) is 0. The monoisotopic (exact) mass is 363 g/mol. The van der Waals surface area contributed by atoms with E-state index in [2.05, 4.69) is 22.3 Å². The van der Waals surface area contributed by atoms with Crippen LogP contribution in [0.15, 0.2) is 59.0 Å². The van der Waals surface area contributed by atoms with Crippen LogP contribution in [0.4, 0.5) is 0 Å². The van der Waals surface area contributed by atoms with Gasteiger partial charge in [-0.3, -0.25) is 0 Å². The van der Waals surface area contributed by atoms with E-state index in [1.807, 2.05) is 18.2 Å². The number of hydrogen-bond acceptors (Lipinski definition) is 5. The summed E-state index contributed by atoms with van der Waals surface area (Å²) < 4.78 is 5.96. The summed E-state index contributed by atoms with van der Waals surface area (Å²) in [4.78, 5) is 11.2. The van der Waals surface area contributed by atoms with Crippen LogP contribution in [-0.2, 0) is 5.54 Å². The molecule has 1 fully saturated rings. The normalized spacial score (nSPS) is 22.5. The van der Waals surface area contributed by atoms with Crippen molar-refractivity contribution in [2.75, 3.05) is 0 Å². The fraction of sp³-hybridized carbons (Fsp3) is 0.286. The highest BCUT2D eigenvalue weighted by atomic mass is 16.4. The molecule has 1 saturated carbocycles. The number of nitrogens with two attached hydrogens (primary N) is 1. The van der Waals surface area contributed by atoms with Gasteiger partial charge in [0.2, 0.25) is 11.8 Å². The maximum Gasteiger partial charge on any atom is 0.335 e. The predicted octanol–water partition coefficient (Wildman–Crippen LogP) is 3.95. The molecule has 4 rings (SSSR count). The Labute approximate surface area is 157 Å². The number of carboxylic acids is 1. The van der Waals surface area contributed by atoms with E-state index in [-0.39, 0.29) is 17.4 Å². The standard InChI is InChI=1S/C21H21N3O3/c22-21(12-5-4-11-17(21)14-7-2-1-3-8-14)20-24-23-18(27-20)15-9-6-10-16(13-15)19(25)26/h1-3,6-10,13,17H,4-5,11-12,22H2,(H,25,26). The zero-order valence-corrected chi connectivity index (χ0v) is 14.8. The lowest BCUT2D eigenvalue weighted by Gasteiger charge is -2.38. The minimum atomic E-state index is -0.997. The van der Waals surface area contributed by atoms with Crippen molar-refractivity contribution >= 4 is 5.97 Å². The maximum atomic E-state index is 11.2. The van der Waals surface area contributed by atoms with Crippen LogP contribution in [0, 0.1) is 0 Å². The van der Waals surface area contributed by atoms with Gasteiger partial charge >= 0.3 is 5.97 Å². The Morgan fingerprint density at radius 1 is 1.11 bits per heavy atom. The van der Waals surface area contributed by atoms with Crippen molar-refractivity contribution < 1.29 is 14.3 Å². The number of aromatic carboxylic acids is 1. The molecule has 2 atom stereocenters. The highest BCUT2D eigenvalue weighted by Gasteiger charge is 2.44. The Morgan fingerprint density at radius 3 is 2.70 bits per heavy atom. The highest BCUT2D eigenvalue weighted by molar-refractivity contribution is 5.88. The van der Waals surface area contributed by atoms with Gasteiger partial charge in [0.05, 0.1) is 5.56 Å². The van der Waals surface area contributed by atoms with Crippen LogP contribution in [0.3, 0.4) is 0 Å². The van der Waals surface area contributed by atoms with Gasteiger partial charge in [0, 0.05) is 11.5 Å². The van der Waals surface area contributed by atoms with E-state index in [1.54, 1.807) is 12.1 Å². The zero-order valence-electron chi connectivity index (χ0n) is 14.8. The van der Waals surface area contributed by atoms with Gasteiger partial charge in [-0.05, 0) is 36.6 Å². The van der Waals surface area contributed by atoms with Crippen LogP contribution >= 0.6 is 0 Å². The number of aromatic nitrogens is 2. The van der Waals surface area contributed by atoms with Gasteiger partial charge < -0.3 is 15.3 Å². The van der Waals surface area contributed by atoms with E-state index >= 15 is 0 Å². The topological polar surface area (TPSA) is 102 Å². The molecule has 2 aromatic carbocycles. The molecular weight excluding hydrogens is 342 g/mol. The van der Waals surface area contributed by atoms with Gasteiger partial charge in [-0.1, -0.05) is 49.2 Å². The molecular formula is C21H21N3O3. The van der Waals surface area contributed by atoms with E-state index in [9.17, 15) is 9.90 Å². The van der Waals surface area contributed by atoms with E-state index in [1.165, 1.54) is 17.7 Å². The summed E-state index contributed by atoms with van der Waals surface area (Å²) in [5.41, 5.74) is 8.03. The molecule has 1 aliphatic carbocycles. The third-order valence-electron chi connectivity index (χ3n) is 5.34. The van der Waals surface area contributed by atoms with Crippen molar-refractivity contribution in [2.45, 2.75) is 37.1 Å². The molecule has 1 heterocycles. The van der Waals surface area contributed by atoms with Gasteiger partial charge in [0.1, 0.15) is 5.54 Å². The molecule has 27 heavy (non-hydrogen) atoms. The summed E-state index contributed by atoms with van der Waals surface area (Å²) in [5, 5.41) is 17.6. The smallest absolute Gasteiger partial charge is 0.335 e. The number of nitrogens with zero attached hydrogens (tertiary/aromatic N) is 2. The van der Waals surface area contributed by atoms with Crippen LogP contribution in [0.1, 0.15) is 53.4 Å². The van der Waals surface area contributed by atoms with Crippen molar-refractivity contribution in [2.24, 2.45) is 5.73 Å². The van der Waals surface area contributed by atoms with E-state index in [4.69, 9.17) is 10.2 Å². The second kappa shape index (κ2) is 6.96. The van der Waals surface area contributed by atoms with Crippen molar-refractivity contribution in [3.05, 3.63) is 71.6 Å². The third-order valence-corrected chi connectivity index (χ3v) is 5.34. The summed E-state index contributed by atoms with van der Waals surface area (Å²) in [6, 6.07) is 16.7. The fourth-order valence-corrected chi connectivity index (χ4v) is 3.92. The van der Waals surface area contributed by atoms with Gasteiger partial charge in [-0.15, -0.1) is 10.2 Å². The maximum absolute atomic E-state index is 11.2. The van der Waals surface area contributed by atoms with Crippen molar-refractivity contribution in [1.29, 1.82) is 0 Å². The molecule has 0 bridgehead atoms. The molecule has 0 radical (unpaired) electrons. The number of benzene rings is 2. The van der Waals surface area contributed by atoms with E-state index < -0.39 is 11.5 Å². The SMILES string of the molecule is NC1(c2nnc(-c3cccc(C(=O)O)c3)o2)CCCCC1c1ccccc1. The first-order chi connectivity index (χ1) is 13.1. The largest absolute Gasteiger partial charge is 0.478 e. The van der Waals surface area contributed by atoms with Crippen molar-refractivity contribution in [3.63, 3.8) is 0 Å². The molecule has 2 unspecified atom stereocenters. The van der Waals surface area contributed by atoms with Crippen LogP contribution < -0.4 is 5.73 Å². The van der Waals surface area contributed by atoms with E-state index in [0.717, 1.165) is 25.7 Å². The predicted molar refractivity (Wildman–Crippen MR) is 100 cm³/mol. The molecule has 6 heteroatoms. The molecule has 1 aliphatic rings. The minimum absolute atomic E-state index is 0.103. The quantitative estimate of drug-likeness (QED) is 0.728. The van der Waals surface area contributed by atoms with Crippen LogP contribution in [0.5, 0.6) is 0 Å². The Bertz CT molecular complexity index is 954. The molecule has 6 nitrogen and oxygen atoms in total. The number of carboxylic acid groups (broad SMARTS) is 1. The van der Waals surface area contributed by atoms with Crippen molar-refractivity contribution in [3.8, 4) is 11.5 Å². The molecule has 3 N–H and O–H groups in total.